The van der Waals surface area contributed by atoms with Crippen LogP contribution in [-0.2, 0) is 33.3 Å². The van der Waals surface area contributed by atoms with Crippen molar-refractivity contribution in [3.05, 3.63) is 12.2 Å². The summed E-state index contributed by atoms with van der Waals surface area (Å²) in [7, 11) is 0. The number of hydrogen-bond donors (Lipinski definition) is 4. The highest BCUT2D eigenvalue weighted by atomic mass is 16.7. The van der Waals surface area contributed by atoms with E-state index in [1.54, 1.807) is 0 Å². The fourth-order valence-electron chi connectivity index (χ4n) is 7.88. The van der Waals surface area contributed by atoms with Crippen molar-refractivity contribution < 1.29 is 53.8 Å². The molecule has 0 aliphatic carbocycles. The summed E-state index contributed by atoms with van der Waals surface area (Å²) in [5.41, 5.74) is 0. The number of unbranched alkanes of at least 4 members (excludes halogenated alkanes) is 30. The second-order valence-electron chi connectivity index (χ2n) is 17.7. The molecule has 11 nitrogen and oxygen atoms in total. The van der Waals surface area contributed by atoms with E-state index in [0.717, 1.165) is 57.8 Å². The van der Waals surface area contributed by atoms with Crippen LogP contribution in [-0.4, -0.2) is 88.4 Å². The van der Waals surface area contributed by atoms with Gasteiger partial charge in [0.25, 0.3) is 0 Å². The van der Waals surface area contributed by atoms with E-state index in [9.17, 15) is 34.8 Å². The van der Waals surface area contributed by atoms with Crippen molar-refractivity contribution in [3.8, 4) is 0 Å². The largest absolute Gasteiger partial charge is 0.479 e. The first kappa shape index (κ1) is 57.0. The predicted octanol–water partition coefficient (Wildman–Crippen LogP) is 11.6. The van der Waals surface area contributed by atoms with Gasteiger partial charge in [0.1, 0.15) is 24.9 Å². The van der Waals surface area contributed by atoms with Crippen LogP contribution in [0.3, 0.4) is 0 Å². The highest BCUT2D eigenvalue weighted by Crippen LogP contribution is 2.23. The Morgan fingerprint density at radius 2 is 0.869 bits per heavy atom. The molecule has 0 aromatic rings. The van der Waals surface area contributed by atoms with Gasteiger partial charge in [0.05, 0.1) is 6.61 Å². The monoisotopic (exact) mass is 869 g/mol. The van der Waals surface area contributed by atoms with Crippen molar-refractivity contribution in [2.24, 2.45) is 0 Å². The Bertz CT molecular complexity index is 1070. The number of aliphatic carboxylic acids is 1. The number of carbonyl (C=O) groups is 3. The summed E-state index contributed by atoms with van der Waals surface area (Å²) in [5, 5.41) is 39.9. The smallest absolute Gasteiger partial charge is 0.335 e. The average molecular weight is 869 g/mol. The van der Waals surface area contributed by atoms with Gasteiger partial charge in [-0.2, -0.15) is 0 Å². The van der Waals surface area contributed by atoms with Crippen LogP contribution in [0.1, 0.15) is 239 Å². The maximum atomic E-state index is 12.8. The summed E-state index contributed by atoms with van der Waals surface area (Å²) < 4.78 is 21.8. The van der Waals surface area contributed by atoms with Crippen molar-refractivity contribution in [2.45, 2.75) is 275 Å². The number of ether oxygens (including phenoxy) is 4. The Morgan fingerprint density at radius 1 is 0.492 bits per heavy atom. The van der Waals surface area contributed by atoms with E-state index in [2.05, 4.69) is 26.0 Å². The fourth-order valence-corrected chi connectivity index (χ4v) is 7.88. The van der Waals surface area contributed by atoms with Crippen molar-refractivity contribution in [1.82, 2.24) is 0 Å². The minimum absolute atomic E-state index is 0.187. The molecule has 1 saturated heterocycles. The number of esters is 2. The van der Waals surface area contributed by atoms with Gasteiger partial charge in [0, 0.05) is 12.8 Å². The molecule has 1 heterocycles. The van der Waals surface area contributed by atoms with Gasteiger partial charge in [0.2, 0.25) is 0 Å². The van der Waals surface area contributed by atoms with Crippen molar-refractivity contribution >= 4 is 17.9 Å². The molecule has 0 bridgehead atoms. The van der Waals surface area contributed by atoms with E-state index >= 15 is 0 Å². The van der Waals surface area contributed by atoms with Gasteiger partial charge in [-0.1, -0.05) is 199 Å². The molecule has 0 aromatic heterocycles. The minimum Gasteiger partial charge on any atom is -0.479 e. The van der Waals surface area contributed by atoms with Gasteiger partial charge in [-0.25, -0.2) is 4.79 Å². The molecular weight excluding hydrogens is 777 g/mol. The first-order chi connectivity index (χ1) is 29.7. The van der Waals surface area contributed by atoms with Crippen molar-refractivity contribution in [1.29, 1.82) is 0 Å². The van der Waals surface area contributed by atoms with Gasteiger partial charge in [-0.15, -0.1) is 0 Å². The Balaban J connectivity index is 2.28. The molecule has 358 valence electrons. The lowest BCUT2D eigenvalue weighted by atomic mass is 9.99. The standard InChI is InChI=1S/C50H92O11/c1-3-5-7-9-11-13-15-17-19-20-21-22-23-24-25-27-29-31-33-35-37-39-44(52)60-42(41-59-50-47(55)45(53)46(54)48(61-50)49(56)57)40-58-43(51)38-36-34-32-30-28-26-18-16-14-12-10-8-6-4-2/h16,18,42,45-48,50,53-55H,3-15,17,19-41H2,1-2H3,(H,56,57)/b18-16-. The molecule has 4 N–H and O–H groups in total. The zero-order chi connectivity index (χ0) is 44.6. The molecular formula is C50H92O11. The quantitative estimate of drug-likeness (QED) is 0.0261. The molecule has 11 heteroatoms. The average Bonchev–Trinajstić information content (AvgIpc) is 3.24. The molecule has 6 atom stereocenters. The second kappa shape index (κ2) is 40.7. The summed E-state index contributed by atoms with van der Waals surface area (Å²) in [4.78, 5) is 36.9. The third kappa shape index (κ3) is 32.3. The van der Waals surface area contributed by atoms with Gasteiger partial charge in [-0.3, -0.25) is 9.59 Å². The number of carboxylic acid groups (broad SMARTS) is 1. The first-order valence-corrected chi connectivity index (χ1v) is 25.2. The molecule has 0 aromatic carbocycles. The highest BCUT2D eigenvalue weighted by Gasteiger charge is 2.47. The summed E-state index contributed by atoms with van der Waals surface area (Å²) in [6, 6.07) is 0. The lowest BCUT2D eigenvalue weighted by Crippen LogP contribution is -2.60. The molecule has 1 aliphatic rings. The molecule has 6 unspecified atom stereocenters. The van der Waals surface area contributed by atoms with Gasteiger partial charge < -0.3 is 39.4 Å². The number of carbonyl (C=O) groups excluding carboxylic acids is 2. The van der Waals surface area contributed by atoms with E-state index < -0.39 is 54.7 Å². The van der Waals surface area contributed by atoms with E-state index in [-0.39, 0.29) is 26.1 Å². The Hall–Kier alpha value is -2.05. The predicted molar refractivity (Wildman–Crippen MR) is 243 cm³/mol. The minimum atomic E-state index is -1.86. The Morgan fingerprint density at radius 3 is 1.28 bits per heavy atom. The number of aliphatic hydroxyl groups is 3. The SMILES string of the molecule is CCCCCCC/C=C\CCCCCCCC(=O)OCC(COC1OC(C(=O)O)C(O)C(O)C1O)OC(=O)CCCCCCCCCCCCCCCCCCCCCCC. The fraction of sp³-hybridized carbons (Fsp3) is 0.900. The highest BCUT2D eigenvalue weighted by molar-refractivity contribution is 5.73. The summed E-state index contributed by atoms with van der Waals surface area (Å²) >= 11 is 0. The van der Waals surface area contributed by atoms with Crippen LogP contribution >= 0.6 is 0 Å². The molecule has 1 aliphatic heterocycles. The van der Waals surface area contributed by atoms with Crippen LogP contribution in [0.4, 0.5) is 0 Å². The Labute approximate surface area is 371 Å². The normalized spacial score (nSPS) is 19.7. The van der Waals surface area contributed by atoms with Crippen molar-refractivity contribution in [2.75, 3.05) is 13.2 Å². The molecule has 0 amide bonds. The lowest BCUT2D eigenvalue weighted by molar-refractivity contribution is -0.298. The second-order valence-corrected chi connectivity index (χ2v) is 17.7. The van der Waals surface area contributed by atoms with Crippen LogP contribution in [0.2, 0.25) is 0 Å². The van der Waals surface area contributed by atoms with Crippen molar-refractivity contribution in [3.63, 3.8) is 0 Å². The first-order valence-electron chi connectivity index (χ1n) is 25.2. The van der Waals surface area contributed by atoms with Gasteiger partial charge in [0.15, 0.2) is 18.5 Å². The number of rotatable bonds is 43. The van der Waals surface area contributed by atoms with Crippen LogP contribution in [0.5, 0.6) is 0 Å². The zero-order valence-electron chi connectivity index (χ0n) is 38.9. The van der Waals surface area contributed by atoms with E-state index in [4.69, 9.17) is 18.9 Å². The number of carboxylic acids is 1. The zero-order valence-corrected chi connectivity index (χ0v) is 38.9. The number of aliphatic hydroxyl groups excluding tert-OH is 3. The molecule has 0 saturated carbocycles. The maximum absolute atomic E-state index is 12.8. The molecule has 0 radical (unpaired) electrons. The summed E-state index contributed by atoms with van der Waals surface area (Å²) in [6.07, 6.45) is 35.5. The number of hydrogen-bond acceptors (Lipinski definition) is 10. The van der Waals surface area contributed by atoms with Gasteiger partial charge >= 0.3 is 17.9 Å². The maximum Gasteiger partial charge on any atom is 0.335 e. The van der Waals surface area contributed by atoms with Crippen LogP contribution in [0.25, 0.3) is 0 Å². The molecule has 1 fully saturated rings. The van der Waals surface area contributed by atoms with Crippen LogP contribution in [0, 0.1) is 0 Å². The third-order valence-corrected chi connectivity index (χ3v) is 11.9. The summed E-state index contributed by atoms with van der Waals surface area (Å²) in [5.74, 6) is -2.44. The Kier molecular flexibility index (Phi) is 38.0. The lowest BCUT2D eigenvalue weighted by Gasteiger charge is -2.38. The van der Waals surface area contributed by atoms with E-state index in [1.165, 1.54) is 141 Å². The molecule has 0 spiro atoms. The molecule has 61 heavy (non-hydrogen) atoms. The van der Waals surface area contributed by atoms with Crippen LogP contribution in [0.15, 0.2) is 12.2 Å². The third-order valence-electron chi connectivity index (χ3n) is 11.9. The topological polar surface area (TPSA) is 169 Å². The van der Waals surface area contributed by atoms with E-state index in [0.29, 0.717) is 12.8 Å². The van der Waals surface area contributed by atoms with Crippen LogP contribution < -0.4 is 0 Å². The number of allylic oxidation sites excluding steroid dienone is 2. The summed E-state index contributed by atoms with van der Waals surface area (Å²) in [6.45, 7) is 3.83. The van der Waals surface area contributed by atoms with Gasteiger partial charge in [-0.05, 0) is 38.5 Å². The van der Waals surface area contributed by atoms with E-state index in [1.807, 2.05) is 0 Å². The molecule has 1 rings (SSSR count).